The summed E-state index contributed by atoms with van der Waals surface area (Å²) in [6.45, 7) is 6.36. The Morgan fingerprint density at radius 1 is 1.05 bits per heavy atom. The second kappa shape index (κ2) is 7.84. The van der Waals surface area contributed by atoms with Gasteiger partial charge in [0.2, 0.25) is 0 Å². The number of aromatic hydroxyl groups is 1. The Hall–Kier alpha value is -1.80. The average molecular weight is 283 g/mol. The third-order valence-electron chi connectivity index (χ3n) is 4.06. The predicted octanol–water partition coefficient (Wildman–Crippen LogP) is 4.31. The molecule has 2 N–H and O–H groups in total. The minimum Gasteiger partial charge on any atom is -0.508 e. The summed E-state index contributed by atoms with van der Waals surface area (Å²) in [6.07, 6.45) is 1.08. The summed E-state index contributed by atoms with van der Waals surface area (Å²) >= 11 is 0. The molecule has 112 valence electrons. The molecular weight excluding hydrogens is 258 g/mol. The normalized spacial score (nSPS) is 13.8. The average Bonchev–Trinajstić information content (AvgIpc) is 2.49. The van der Waals surface area contributed by atoms with Crippen molar-refractivity contribution >= 4 is 0 Å². The van der Waals surface area contributed by atoms with Crippen molar-refractivity contribution in [2.75, 3.05) is 6.54 Å². The topological polar surface area (TPSA) is 32.3 Å². The summed E-state index contributed by atoms with van der Waals surface area (Å²) in [5, 5.41) is 13.2. The lowest BCUT2D eigenvalue weighted by atomic mass is 9.85. The van der Waals surface area contributed by atoms with E-state index in [0.29, 0.717) is 17.6 Å². The first kappa shape index (κ1) is 15.6. The van der Waals surface area contributed by atoms with E-state index in [4.69, 9.17) is 0 Å². The van der Waals surface area contributed by atoms with Gasteiger partial charge in [-0.1, -0.05) is 56.3 Å². The van der Waals surface area contributed by atoms with Crippen LogP contribution in [0.1, 0.15) is 37.3 Å². The molecule has 2 nitrogen and oxygen atoms in total. The quantitative estimate of drug-likeness (QED) is 0.793. The zero-order valence-corrected chi connectivity index (χ0v) is 12.9. The number of nitrogens with one attached hydrogen (secondary N) is 1. The van der Waals surface area contributed by atoms with Crippen LogP contribution in [0, 0.1) is 5.92 Å². The van der Waals surface area contributed by atoms with Gasteiger partial charge in [0.05, 0.1) is 0 Å². The zero-order valence-electron chi connectivity index (χ0n) is 12.9. The van der Waals surface area contributed by atoms with Gasteiger partial charge in [-0.3, -0.25) is 0 Å². The van der Waals surface area contributed by atoms with Crippen molar-refractivity contribution in [1.29, 1.82) is 0 Å². The van der Waals surface area contributed by atoms with Crippen LogP contribution in [0.4, 0.5) is 0 Å². The third-order valence-corrected chi connectivity index (χ3v) is 4.06. The van der Waals surface area contributed by atoms with Gasteiger partial charge in [0.15, 0.2) is 0 Å². The van der Waals surface area contributed by atoms with Crippen molar-refractivity contribution in [3.8, 4) is 5.75 Å². The highest BCUT2D eigenvalue weighted by atomic mass is 16.3. The molecule has 0 aliphatic heterocycles. The number of benzene rings is 2. The van der Waals surface area contributed by atoms with Crippen LogP contribution >= 0.6 is 0 Å². The Balaban J connectivity index is 1.90. The molecule has 2 unspecified atom stereocenters. The Kier molecular flexibility index (Phi) is 5.82. The van der Waals surface area contributed by atoms with Gasteiger partial charge in [-0.25, -0.2) is 0 Å². The van der Waals surface area contributed by atoms with E-state index in [1.54, 1.807) is 6.07 Å². The molecular formula is C19H25NO. The summed E-state index contributed by atoms with van der Waals surface area (Å²) in [6, 6.07) is 18.1. The summed E-state index contributed by atoms with van der Waals surface area (Å²) in [7, 11) is 0. The molecule has 2 rings (SSSR count). The molecule has 0 bridgehead atoms. The van der Waals surface area contributed by atoms with Crippen molar-refractivity contribution in [2.45, 2.75) is 32.7 Å². The third kappa shape index (κ3) is 4.61. The molecule has 2 atom stereocenters. The van der Waals surface area contributed by atoms with E-state index in [1.807, 2.05) is 18.2 Å². The van der Waals surface area contributed by atoms with Gasteiger partial charge in [0, 0.05) is 6.54 Å². The fourth-order valence-corrected chi connectivity index (χ4v) is 2.90. The van der Waals surface area contributed by atoms with Crippen LogP contribution in [-0.4, -0.2) is 11.7 Å². The van der Waals surface area contributed by atoms with E-state index in [-0.39, 0.29) is 0 Å². The van der Waals surface area contributed by atoms with Crippen molar-refractivity contribution in [2.24, 2.45) is 5.92 Å². The Morgan fingerprint density at radius 2 is 1.81 bits per heavy atom. The van der Waals surface area contributed by atoms with E-state index in [0.717, 1.165) is 19.5 Å². The predicted molar refractivity (Wildman–Crippen MR) is 88.5 cm³/mol. The van der Waals surface area contributed by atoms with E-state index in [1.165, 1.54) is 11.1 Å². The molecule has 0 aromatic heterocycles. The molecule has 21 heavy (non-hydrogen) atoms. The maximum absolute atomic E-state index is 9.65. The van der Waals surface area contributed by atoms with E-state index < -0.39 is 0 Å². The minimum atomic E-state index is 0.357. The van der Waals surface area contributed by atoms with Crippen LogP contribution < -0.4 is 5.32 Å². The first-order valence-corrected chi connectivity index (χ1v) is 7.74. The van der Waals surface area contributed by atoms with Crippen molar-refractivity contribution < 1.29 is 5.11 Å². The highest BCUT2D eigenvalue weighted by Gasteiger charge is 2.17. The van der Waals surface area contributed by atoms with E-state index >= 15 is 0 Å². The summed E-state index contributed by atoms with van der Waals surface area (Å²) < 4.78 is 0. The number of phenols is 1. The summed E-state index contributed by atoms with van der Waals surface area (Å²) in [4.78, 5) is 0. The first-order valence-electron chi connectivity index (χ1n) is 7.74. The second-order valence-corrected chi connectivity index (χ2v) is 5.70. The van der Waals surface area contributed by atoms with Crippen LogP contribution in [0.25, 0.3) is 0 Å². The second-order valence-electron chi connectivity index (χ2n) is 5.70. The van der Waals surface area contributed by atoms with Crippen molar-refractivity contribution in [1.82, 2.24) is 5.32 Å². The molecule has 2 aromatic rings. The van der Waals surface area contributed by atoms with Gasteiger partial charge in [-0.15, -0.1) is 0 Å². The molecule has 0 radical (unpaired) electrons. The van der Waals surface area contributed by atoms with Crippen molar-refractivity contribution in [3.05, 3.63) is 65.7 Å². The number of phenolic OH excluding ortho intramolecular Hbond substituents is 1. The first-order chi connectivity index (χ1) is 10.2. The van der Waals surface area contributed by atoms with Crippen LogP contribution in [0.15, 0.2) is 54.6 Å². The van der Waals surface area contributed by atoms with Crippen LogP contribution in [0.2, 0.25) is 0 Å². The lowest BCUT2D eigenvalue weighted by Crippen LogP contribution is -2.25. The standard InChI is InChI=1S/C19H25NO/c1-3-19(17-10-7-11-18(21)12-17)15(2)13-20-14-16-8-5-4-6-9-16/h4-12,15,19-21H,3,13-14H2,1-2H3. The van der Waals surface area contributed by atoms with Gasteiger partial charge in [0.25, 0.3) is 0 Å². The zero-order chi connectivity index (χ0) is 15.1. The molecule has 0 aliphatic carbocycles. The minimum absolute atomic E-state index is 0.357. The highest BCUT2D eigenvalue weighted by molar-refractivity contribution is 5.30. The number of rotatable bonds is 7. The lowest BCUT2D eigenvalue weighted by molar-refractivity contribution is 0.414. The molecule has 2 heteroatoms. The maximum Gasteiger partial charge on any atom is 0.115 e. The molecule has 0 spiro atoms. The number of hydrogen-bond donors (Lipinski definition) is 2. The fourth-order valence-electron chi connectivity index (χ4n) is 2.90. The Labute approximate surface area is 127 Å². The maximum atomic E-state index is 9.65. The van der Waals surface area contributed by atoms with E-state index in [9.17, 15) is 5.11 Å². The van der Waals surface area contributed by atoms with Gasteiger partial charge >= 0.3 is 0 Å². The van der Waals surface area contributed by atoms with Gasteiger partial charge < -0.3 is 10.4 Å². The lowest BCUT2D eigenvalue weighted by Gasteiger charge is -2.24. The molecule has 0 saturated carbocycles. The van der Waals surface area contributed by atoms with E-state index in [2.05, 4.69) is 49.5 Å². The molecule has 0 fully saturated rings. The van der Waals surface area contributed by atoms with Gasteiger partial charge in [0.1, 0.15) is 5.75 Å². The largest absolute Gasteiger partial charge is 0.508 e. The fraction of sp³-hybridized carbons (Fsp3) is 0.368. The van der Waals surface area contributed by atoms with Crippen LogP contribution in [0.5, 0.6) is 5.75 Å². The Bertz CT molecular complexity index is 538. The highest BCUT2D eigenvalue weighted by Crippen LogP contribution is 2.29. The molecule has 0 saturated heterocycles. The smallest absolute Gasteiger partial charge is 0.115 e. The number of hydrogen-bond acceptors (Lipinski definition) is 2. The molecule has 0 amide bonds. The monoisotopic (exact) mass is 283 g/mol. The molecule has 2 aromatic carbocycles. The summed E-state index contributed by atoms with van der Waals surface area (Å²) in [5.74, 6) is 1.36. The Morgan fingerprint density at radius 3 is 2.48 bits per heavy atom. The molecule has 0 aliphatic rings. The van der Waals surface area contributed by atoms with Gasteiger partial charge in [-0.05, 0) is 48.1 Å². The van der Waals surface area contributed by atoms with Crippen LogP contribution in [0.3, 0.4) is 0 Å². The van der Waals surface area contributed by atoms with Gasteiger partial charge in [-0.2, -0.15) is 0 Å². The summed E-state index contributed by atoms with van der Waals surface area (Å²) in [5.41, 5.74) is 2.54. The molecule has 0 heterocycles. The van der Waals surface area contributed by atoms with Crippen LogP contribution in [-0.2, 0) is 6.54 Å². The van der Waals surface area contributed by atoms with Crippen molar-refractivity contribution in [3.63, 3.8) is 0 Å². The SMILES string of the molecule is CCC(c1cccc(O)c1)C(C)CNCc1ccccc1.